The highest BCUT2D eigenvalue weighted by Crippen LogP contribution is 2.31. The molecule has 0 saturated heterocycles. The zero-order valence-electron chi connectivity index (χ0n) is 7.91. The molecule has 0 bridgehead atoms. The van der Waals surface area contributed by atoms with Gasteiger partial charge in [0.05, 0.1) is 0 Å². The lowest BCUT2D eigenvalue weighted by Gasteiger charge is -2.23. The summed E-state index contributed by atoms with van der Waals surface area (Å²) in [5.41, 5.74) is 0. The van der Waals surface area contributed by atoms with Crippen molar-refractivity contribution in [1.29, 1.82) is 0 Å². The fourth-order valence-electron chi connectivity index (χ4n) is 0.996. The monoisotopic (exact) mass is 242 g/mol. The van der Waals surface area contributed by atoms with Gasteiger partial charge in [0.2, 0.25) is 5.92 Å². The molecule has 0 nitrogen and oxygen atoms in total. The van der Waals surface area contributed by atoms with Crippen LogP contribution in [-0.2, 0) is 0 Å². The molecular weight excluding hydrogens is 226 g/mol. The molecule has 0 saturated carbocycles. The molecule has 1 atom stereocenters. The van der Waals surface area contributed by atoms with Gasteiger partial charge in [-0.3, -0.25) is 0 Å². The van der Waals surface area contributed by atoms with Crippen LogP contribution in [0.25, 0.3) is 0 Å². The summed E-state index contributed by atoms with van der Waals surface area (Å²) in [7, 11) is 0. The van der Waals surface area contributed by atoms with E-state index in [0.29, 0.717) is 11.2 Å². The fraction of sp³-hybridized carbons (Fsp3) is 1.00. The van der Waals surface area contributed by atoms with Crippen LogP contribution in [0, 0.1) is 11.8 Å². The largest absolute Gasteiger partial charge is 0.248 e. The van der Waals surface area contributed by atoms with Crippen molar-refractivity contribution in [2.45, 2.75) is 39.5 Å². The van der Waals surface area contributed by atoms with Crippen molar-refractivity contribution in [3.63, 3.8) is 0 Å². The molecule has 0 aromatic rings. The lowest BCUT2D eigenvalue weighted by Crippen LogP contribution is -2.23. The first-order chi connectivity index (χ1) is 5.43. The Morgan fingerprint density at radius 2 is 1.83 bits per heavy atom. The molecule has 0 spiro atoms. The minimum Gasteiger partial charge on any atom is -0.207 e. The molecule has 0 fully saturated rings. The summed E-state index contributed by atoms with van der Waals surface area (Å²) in [6.45, 7) is 5.50. The van der Waals surface area contributed by atoms with Crippen LogP contribution in [-0.4, -0.2) is 11.3 Å². The molecule has 12 heavy (non-hydrogen) atoms. The summed E-state index contributed by atoms with van der Waals surface area (Å²) in [4.78, 5) is 0. The van der Waals surface area contributed by atoms with Gasteiger partial charge in [-0.2, -0.15) is 0 Å². The first-order valence-corrected chi connectivity index (χ1v) is 5.49. The third-order valence-corrected chi connectivity index (χ3v) is 3.05. The van der Waals surface area contributed by atoms with Crippen LogP contribution in [0.3, 0.4) is 0 Å². The minimum atomic E-state index is -2.48. The van der Waals surface area contributed by atoms with Gasteiger partial charge in [-0.05, 0) is 11.8 Å². The van der Waals surface area contributed by atoms with Gasteiger partial charge in [0, 0.05) is 18.2 Å². The first-order valence-electron chi connectivity index (χ1n) is 4.36. The maximum absolute atomic E-state index is 12.9. The van der Waals surface area contributed by atoms with Crippen molar-refractivity contribution in [1.82, 2.24) is 0 Å². The molecule has 0 rings (SSSR count). The van der Waals surface area contributed by atoms with Gasteiger partial charge in [-0.15, -0.1) is 0 Å². The number of halogens is 3. The van der Waals surface area contributed by atoms with Gasteiger partial charge in [0.15, 0.2) is 0 Å². The second kappa shape index (κ2) is 5.15. The molecule has 0 aromatic carbocycles. The summed E-state index contributed by atoms with van der Waals surface area (Å²) in [5, 5.41) is 0.667. The van der Waals surface area contributed by atoms with E-state index in [1.807, 2.05) is 13.8 Å². The molecule has 3 heteroatoms. The van der Waals surface area contributed by atoms with E-state index < -0.39 is 5.92 Å². The fourth-order valence-corrected chi connectivity index (χ4v) is 1.97. The van der Waals surface area contributed by atoms with Crippen molar-refractivity contribution < 1.29 is 8.78 Å². The molecule has 0 aliphatic heterocycles. The van der Waals surface area contributed by atoms with E-state index >= 15 is 0 Å². The van der Waals surface area contributed by atoms with E-state index in [9.17, 15) is 8.78 Å². The van der Waals surface area contributed by atoms with Gasteiger partial charge in [-0.1, -0.05) is 36.7 Å². The molecule has 1 unspecified atom stereocenters. The Labute approximate surface area is 81.9 Å². The van der Waals surface area contributed by atoms with Gasteiger partial charge in [-0.25, -0.2) is 8.78 Å². The average molecular weight is 243 g/mol. The van der Waals surface area contributed by atoms with E-state index in [2.05, 4.69) is 15.9 Å². The zero-order valence-corrected chi connectivity index (χ0v) is 9.50. The van der Waals surface area contributed by atoms with Crippen LogP contribution in [0.4, 0.5) is 8.78 Å². The number of hydrogen-bond donors (Lipinski definition) is 0. The van der Waals surface area contributed by atoms with Crippen LogP contribution in [0.15, 0.2) is 0 Å². The Morgan fingerprint density at radius 3 is 2.08 bits per heavy atom. The topological polar surface area (TPSA) is 0 Å². The third kappa shape index (κ3) is 4.39. The first kappa shape index (κ1) is 12.3. The van der Waals surface area contributed by atoms with Crippen LogP contribution in [0.2, 0.25) is 0 Å². The predicted octanol–water partition coefficient (Wildman–Crippen LogP) is 4.09. The average Bonchev–Trinajstić information content (AvgIpc) is 2.00. The van der Waals surface area contributed by atoms with Crippen molar-refractivity contribution in [3.8, 4) is 0 Å². The van der Waals surface area contributed by atoms with Crippen LogP contribution < -0.4 is 0 Å². The summed E-state index contributed by atoms with van der Waals surface area (Å²) < 4.78 is 25.9. The number of hydrogen-bond acceptors (Lipinski definition) is 0. The molecule has 0 radical (unpaired) electrons. The highest BCUT2D eigenvalue weighted by Gasteiger charge is 2.31. The number of alkyl halides is 3. The summed E-state index contributed by atoms with van der Waals surface area (Å²) in [6.07, 6.45) is -0.0460. The Bertz CT molecular complexity index is 124. The van der Waals surface area contributed by atoms with Crippen molar-refractivity contribution in [3.05, 3.63) is 0 Å². The van der Waals surface area contributed by atoms with E-state index in [1.54, 1.807) is 0 Å². The van der Waals surface area contributed by atoms with Crippen LogP contribution in [0.1, 0.15) is 33.6 Å². The van der Waals surface area contributed by atoms with Crippen LogP contribution in [0.5, 0.6) is 0 Å². The van der Waals surface area contributed by atoms with E-state index in [1.165, 1.54) is 6.92 Å². The van der Waals surface area contributed by atoms with Gasteiger partial charge < -0.3 is 0 Å². The Balaban J connectivity index is 4.01. The lowest BCUT2D eigenvalue weighted by molar-refractivity contribution is -0.0288. The quantitative estimate of drug-likeness (QED) is 0.638. The molecule has 0 amide bonds. The van der Waals surface area contributed by atoms with Crippen molar-refractivity contribution >= 4 is 15.9 Å². The maximum atomic E-state index is 12.9. The number of rotatable bonds is 5. The molecule has 0 aliphatic rings. The standard InChI is InChI=1S/C9H17BrF2/c1-4-9(11,12)5-8(6-10)7(2)3/h7-8H,4-6H2,1-3H3. The zero-order chi connectivity index (χ0) is 9.78. The molecule has 0 aromatic heterocycles. The third-order valence-electron chi connectivity index (χ3n) is 2.22. The second-order valence-corrected chi connectivity index (χ2v) is 4.22. The van der Waals surface area contributed by atoms with Gasteiger partial charge in [0.1, 0.15) is 0 Å². The summed E-state index contributed by atoms with van der Waals surface area (Å²) in [6, 6.07) is 0. The molecule has 0 N–H and O–H groups in total. The molecule has 0 heterocycles. The molecule has 74 valence electrons. The Kier molecular flexibility index (Phi) is 5.30. The summed E-state index contributed by atoms with van der Waals surface area (Å²) >= 11 is 3.26. The van der Waals surface area contributed by atoms with E-state index in [-0.39, 0.29) is 18.8 Å². The second-order valence-electron chi connectivity index (χ2n) is 3.57. The highest BCUT2D eigenvalue weighted by molar-refractivity contribution is 9.09. The van der Waals surface area contributed by atoms with Gasteiger partial charge in [0.25, 0.3) is 0 Å². The van der Waals surface area contributed by atoms with E-state index in [0.717, 1.165) is 0 Å². The highest BCUT2D eigenvalue weighted by atomic mass is 79.9. The molecular formula is C9H17BrF2. The van der Waals surface area contributed by atoms with Crippen molar-refractivity contribution in [2.24, 2.45) is 11.8 Å². The maximum Gasteiger partial charge on any atom is 0.248 e. The lowest BCUT2D eigenvalue weighted by atomic mass is 9.91. The van der Waals surface area contributed by atoms with Crippen LogP contribution >= 0.6 is 15.9 Å². The normalized spacial score (nSPS) is 15.2. The summed E-state index contributed by atoms with van der Waals surface area (Å²) in [5.74, 6) is -2.08. The Morgan fingerprint density at radius 1 is 1.33 bits per heavy atom. The predicted molar refractivity (Wildman–Crippen MR) is 52.0 cm³/mol. The van der Waals surface area contributed by atoms with Crippen molar-refractivity contribution in [2.75, 3.05) is 5.33 Å². The molecule has 0 aliphatic carbocycles. The Hall–Kier alpha value is 0.340. The SMILES string of the molecule is CCC(F)(F)CC(CBr)C(C)C. The van der Waals surface area contributed by atoms with Gasteiger partial charge >= 0.3 is 0 Å². The van der Waals surface area contributed by atoms with E-state index in [4.69, 9.17) is 0 Å². The smallest absolute Gasteiger partial charge is 0.207 e. The minimum absolute atomic E-state index is 0.00637.